The summed E-state index contributed by atoms with van der Waals surface area (Å²) in [6.07, 6.45) is 5.58. The van der Waals surface area contributed by atoms with Crippen molar-refractivity contribution in [2.24, 2.45) is 5.73 Å². The Kier molecular flexibility index (Phi) is 6.68. The van der Waals surface area contributed by atoms with Crippen LogP contribution in [0.15, 0.2) is 18.2 Å². The third-order valence-corrected chi connectivity index (χ3v) is 4.07. The summed E-state index contributed by atoms with van der Waals surface area (Å²) < 4.78 is 0. The maximum atomic E-state index is 11.2. The Labute approximate surface area is 137 Å². The molecule has 1 amide bonds. The lowest BCUT2D eigenvalue weighted by atomic mass is 10.1. The highest BCUT2D eigenvalue weighted by Crippen LogP contribution is 2.22. The Bertz CT molecular complexity index is 499. The zero-order chi connectivity index (χ0) is 15.9. The van der Waals surface area contributed by atoms with Crippen LogP contribution in [0.2, 0.25) is 5.02 Å². The molecule has 2 aliphatic carbocycles. The van der Waals surface area contributed by atoms with Gasteiger partial charge >= 0.3 is 0 Å². The summed E-state index contributed by atoms with van der Waals surface area (Å²) in [4.78, 5) is 11.2. The summed E-state index contributed by atoms with van der Waals surface area (Å²) in [6, 6.07) is 7.18. The molecule has 5 heteroatoms. The molecule has 0 aliphatic heterocycles. The van der Waals surface area contributed by atoms with Gasteiger partial charge in [-0.3, -0.25) is 4.79 Å². The van der Waals surface area contributed by atoms with E-state index in [0.29, 0.717) is 25.0 Å². The molecule has 22 heavy (non-hydrogen) atoms. The molecule has 0 heterocycles. The van der Waals surface area contributed by atoms with Gasteiger partial charge in [0.1, 0.15) is 0 Å². The third-order valence-electron chi connectivity index (χ3n) is 3.70. The number of hydrogen-bond donors (Lipinski definition) is 3. The molecule has 4 nitrogen and oxygen atoms in total. The maximum Gasteiger partial charge on any atom is 0.219 e. The van der Waals surface area contributed by atoms with E-state index in [1.54, 1.807) is 0 Å². The Balaban J connectivity index is 0.000000381. The largest absolute Gasteiger partial charge is 0.352 e. The topological polar surface area (TPSA) is 67.2 Å². The number of amides is 1. The molecule has 0 unspecified atom stereocenters. The fraction of sp³-hybridized carbons (Fsp3) is 0.588. The Morgan fingerprint density at radius 3 is 2.50 bits per heavy atom. The maximum absolute atomic E-state index is 11.2. The molecule has 2 saturated carbocycles. The zero-order valence-electron chi connectivity index (χ0n) is 13.2. The van der Waals surface area contributed by atoms with E-state index in [-0.39, 0.29) is 5.91 Å². The summed E-state index contributed by atoms with van der Waals surface area (Å²) in [6.45, 7) is 3.22. The van der Waals surface area contributed by atoms with Crippen LogP contribution >= 0.6 is 11.6 Å². The van der Waals surface area contributed by atoms with Gasteiger partial charge in [0.05, 0.1) is 0 Å². The first-order valence-electron chi connectivity index (χ1n) is 8.11. The van der Waals surface area contributed by atoms with Gasteiger partial charge in [-0.05, 0) is 42.9 Å². The van der Waals surface area contributed by atoms with Gasteiger partial charge in [-0.25, -0.2) is 0 Å². The second kappa shape index (κ2) is 8.51. The molecule has 0 saturated heterocycles. The highest BCUT2D eigenvalue weighted by molar-refractivity contribution is 6.31. The molecule has 0 atom stereocenters. The summed E-state index contributed by atoms with van der Waals surface area (Å²) >= 11 is 6.16. The molecule has 122 valence electrons. The molecule has 0 spiro atoms. The van der Waals surface area contributed by atoms with Crippen molar-refractivity contribution in [1.29, 1.82) is 0 Å². The zero-order valence-corrected chi connectivity index (χ0v) is 14.0. The highest BCUT2D eigenvalue weighted by Gasteiger charge is 2.20. The van der Waals surface area contributed by atoms with E-state index in [1.165, 1.54) is 25.7 Å². The van der Waals surface area contributed by atoms with E-state index in [9.17, 15) is 4.79 Å². The molecule has 1 aromatic carbocycles. The lowest BCUT2D eigenvalue weighted by Gasteiger charge is -2.09. The third kappa shape index (κ3) is 6.77. The van der Waals surface area contributed by atoms with Gasteiger partial charge in [0.15, 0.2) is 0 Å². The van der Waals surface area contributed by atoms with Crippen LogP contribution in [0.3, 0.4) is 0 Å². The number of nitrogens with one attached hydrogen (secondary N) is 2. The lowest BCUT2D eigenvalue weighted by molar-refractivity contribution is -0.120. The van der Waals surface area contributed by atoms with Crippen LogP contribution in [0.25, 0.3) is 0 Å². The number of nitrogens with two attached hydrogens (primary N) is 1. The highest BCUT2D eigenvalue weighted by atomic mass is 35.5. The number of carbonyl (C=O) groups is 1. The van der Waals surface area contributed by atoms with Gasteiger partial charge in [-0.15, -0.1) is 0 Å². The number of benzene rings is 1. The predicted octanol–water partition coefficient (Wildman–Crippen LogP) is 2.73. The van der Waals surface area contributed by atoms with Crippen LogP contribution in [-0.2, 0) is 17.9 Å². The van der Waals surface area contributed by atoms with Gasteiger partial charge in [0, 0.05) is 36.6 Å². The van der Waals surface area contributed by atoms with Crippen LogP contribution < -0.4 is 16.4 Å². The molecule has 4 N–H and O–H groups in total. The molecule has 1 aromatic rings. The second-order valence-electron chi connectivity index (χ2n) is 6.05. The molecule has 0 radical (unpaired) electrons. The first kappa shape index (κ1) is 17.3. The van der Waals surface area contributed by atoms with Gasteiger partial charge in [0.25, 0.3) is 0 Å². The van der Waals surface area contributed by atoms with Crippen molar-refractivity contribution >= 4 is 17.5 Å². The molecule has 0 aromatic heterocycles. The summed E-state index contributed by atoms with van der Waals surface area (Å²) in [5.74, 6) is 0.0719. The lowest BCUT2D eigenvalue weighted by Crippen LogP contribution is -2.21. The van der Waals surface area contributed by atoms with Crippen LogP contribution in [0, 0.1) is 0 Å². The Morgan fingerprint density at radius 1 is 1.27 bits per heavy atom. The first-order chi connectivity index (χ1) is 10.6. The smallest absolute Gasteiger partial charge is 0.219 e. The average Bonchev–Trinajstić information content (AvgIpc) is 3.42. The Hall–Kier alpha value is -1.10. The molecule has 3 rings (SSSR count). The minimum absolute atomic E-state index is 0.0719. The van der Waals surface area contributed by atoms with Gasteiger partial charge in [0.2, 0.25) is 5.91 Å². The van der Waals surface area contributed by atoms with Gasteiger partial charge in [-0.2, -0.15) is 0 Å². The first-order valence-corrected chi connectivity index (χ1v) is 8.49. The van der Waals surface area contributed by atoms with Crippen molar-refractivity contribution in [2.45, 2.75) is 64.2 Å². The minimum Gasteiger partial charge on any atom is -0.352 e. The van der Waals surface area contributed by atoms with E-state index in [1.807, 2.05) is 19.1 Å². The van der Waals surface area contributed by atoms with Crippen LogP contribution in [0.1, 0.15) is 50.2 Å². The molecule has 2 fully saturated rings. The molecular weight excluding hydrogens is 298 g/mol. The van der Waals surface area contributed by atoms with Crippen LogP contribution in [0.4, 0.5) is 0 Å². The van der Waals surface area contributed by atoms with Crippen molar-refractivity contribution in [1.82, 2.24) is 10.6 Å². The summed E-state index contributed by atoms with van der Waals surface area (Å²) in [5, 5.41) is 7.10. The normalized spacial score (nSPS) is 16.7. The van der Waals surface area contributed by atoms with E-state index >= 15 is 0 Å². The minimum atomic E-state index is 0.0719. The summed E-state index contributed by atoms with van der Waals surface area (Å²) in [7, 11) is 0. The standard InChI is InChI=1S/C14H19ClN2O.C3H7N/c1-2-14(18)17-8-10-3-6-13(15)11(7-10)9-16-12-4-5-12;4-3-1-2-3/h3,6-7,12,16H,2,4-5,8-9H2,1H3,(H,17,18);3H,1-2,4H2. The fourth-order valence-corrected chi connectivity index (χ4v) is 2.02. The van der Waals surface area contributed by atoms with E-state index in [2.05, 4.69) is 16.7 Å². The van der Waals surface area contributed by atoms with Crippen molar-refractivity contribution in [2.75, 3.05) is 0 Å². The number of rotatable bonds is 6. The number of carbonyl (C=O) groups excluding carboxylic acids is 1. The Morgan fingerprint density at radius 2 is 1.95 bits per heavy atom. The van der Waals surface area contributed by atoms with E-state index in [0.717, 1.165) is 22.7 Å². The van der Waals surface area contributed by atoms with E-state index < -0.39 is 0 Å². The summed E-state index contributed by atoms with van der Waals surface area (Å²) in [5.41, 5.74) is 7.42. The van der Waals surface area contributed by atoms with Gasteiger partial charge in [-0.1, -0.05) is 30.7 Å². The van der Waals surface area contributed by atoms with Crippen LogP contribution in [0.5, 0.6) is 0 Å². The number of hydrogen-bond acceptors (Lipinski definition) is 3. The molecule has 0 bridgehead atoms. The molecular formula is C17H26ClN3O. The van der Waals surface area contributed by atoms with Crippen LogP contribution in [-0.4, -0.2) is 18.0 Å². The second-order valence-corrected chi connectivity index (χ2v) is 6.46. The van der Waals surface area contributed by atoms with Gasteiger partial charge < -0.3 is 16.4 Å². The average molecular weight is 324 g/mol. The number of halogens is 1. The predicted molar refractivity (Wildman–Crippen MR) is 90.7 cm³/mol. The monoisotopic (exact) mass is 323 g/mol. The van der Waals surface area contributed by atoms with E-state index in [4.69, 9.17) is 17.3 Å². The SMILES string of the molecule is CCC(=O)NCc1ccc(Cl)c(CNC2CC2)c1.NC1CC1. The molecule has 2 aliphatic rings. The van der Waals surface area contributed by atoms with Crippen molar-refractivity contribution in [3.8, 4) is 0 Å². The van der Waals surface area contributed by atoms with Crippen molar-refractivity contribution in [3.63, 3.8) is 0 Å². The van der Waals surface area contributed by atoms with Crippen molar-refractivity contribution in [3.05, 3.63) is 34.3 Å². The van der Waals surface area contributed by atoms with Crippen molar-refractivity contribution < 1.29 is 4.79 Å². The quantitative estimate of drug-likeness (QED) is 0.754. The fourth-order valence-electron chi connectivity index (χ4n) is 1.84.